The van der Waals surface area contributed by atoms with E-state index >= 15 is 0 Å². The summed E-state index contributed by atoms with van der Waals surface area (Å²) in [7, 11) is 1.58. The fourth-order valence-corrected chi connectivity index (χ4v) is 3.57. The van der Waals surface area contributed by atoms with Crippen molar-refractivity contribution in [1.82, 2.24) is 15.2 Å². The molecule has 2 N–H and O–H groups in total. The average Bonchev–Trinajstić information content (AvgIpc) is 2.95. The molecule has 1 unspecified atom stereocenters. The Balaban J connectivity index is 1.41. The Kier molecular flexibility index (Phi) is 5.12. The van der Waals surface area contributed by atoms with Crippen LogP contribution >= 0.6 is 11.3 Å². The highest BCUT2D eigenvalue weighted by Crippen LogP contribution is 2.26. The van der Waals surface area contributed by atoms with Gasteiger partial charge >= 0.3 is 6.03 Å². The van der Waals surface area contributed by atoms with Crippen molar-refractivity contribution in [2.45, 2.75) is 31.3 Å². The van der Waals surface area contributed by atoms with Crippen LogP contribution in [0.4, 0.5) is 9.93 Å². The Morgan fingerprint density at radius 1 is 1.50 bits per heavy atom. The molecule has 2 amide bonds. The summed E-state index contributed by atoms with van der Waals surface area (Å²) in [4.78, 5) is 18.5. The summed E-state index contributed by atoms with van der Waals surface area (Å²) in [6.45, 7) is 3.51. The predicted molar refractivity (Wildman–Crippen MR) is 84.6 cm³/mol. The highest BCUT2D eigenvalue weighted by molar-refractivity contribution is 7.17. The maximum atomic E-state index is 11.9. The fourth-order valence-electron chi connectivity index (χ4n) is 2.94. The van der Waals surface area contributed by atoms with Crippen LogP contribution in [0.1, 0.15) is 19.3 Å². The van der Waals surface area contributed by atoms with Gasteiger partial charge in [-0.15, -0.1) is 0 Å². The van der Waals surface area contributed by atoms with Crippen molar-refractivity contribution < 1.29 is 14.3 Å². The van der Waals surface area contributed by atoms with Gasteiger partial charge in [0.05, 0.1) is 13.3 Å². The first-order valence-electron chi connectivity index (χ1n) is 7.64. The highest BCUT2D eigenvalue weighted by Gasteiger charge is 2.34. The Hall–Kier alpha value is -1.38. The molecule has 1 aromatic heterocycles. The van der Waals surface area contributed by atoms with Crippen LogP contribution in [0.5, 0.6) is 5.06 Å². The van der Waals surface area contributed by atoms with Gasteiger partial charge in [0.2, 0.25) is 0 Å². The van der Waals surface area contributed by atoms with Gasteiger partial charge in [-0.3, -0.25) is 10.2 Å². The topological polar surface area (TPSA) is 75.7 Å². The van der Waals surface area contributed by atoms with Gasteiger partial charge in [0, 0.05) is 38.4 Å². The average molecular weight is 326 g/mol. The van der Waals surface area contributed by atoms with Crippen LogP contribution < -0.4 is 15.4 Å². The molecule has 0 aliphatic carbocycles. The van der Waals surface area contributed by atoms with E-state index in [2.05, 4.69) is 20.5 Å². The molecule has 2 aliphatic heterocycles. The maximum Gasteiger partial charge on any atom is 0.321 e. The van der Waals surface area contributed by atoms with E-state index in [9.17, 15) is 4.79 Å². The van der Waals surface area contributed by atoms with Crippen molar-refractivity contribution in [3.63, 3.8) is 0 Å². The van der Waals surface area contributed by atoms with E-state index < -0.39 is 0 Å². The van der Waals surface area contributed by atoms with Crippen molar-refractivity contribution in [2.24, 2.45) is 0 Å². The molecule has 8 heteroatoms. The van der Waals surface area contributed by atoms with Crippen molar-refractivity contribution in [3.05, 3.63) is 6.20 Å². The number of aromatic nitrogens is 1. The molecule has 2 saturated heterocycles. The molecule has 7 nitrogen and oxygen atoms in total. The van der Waals surface area contributed by atoms with E-state index in [1.54, 1.807) is 13.3 Å². The lowest BCUT2D eigenvalue weighted by Gasteiger charge is -2.47. The smallest absolute Gasteiger partial charge is 0.321 e. The lowest BCUT2D eigenvalue weighted by Crippen LogP contribution is -2.58. The van der Waals surface area contributed by atoms with Gasteiger partial charge in [0.1, 0.15) is 0 Å². The second-order valence-corrected chi connectivity index (χ2v) is 6.54. The number of amides is 2. The van der Waals surface area contributed by atoms with Crippen molar-refractivity contribution >= 4 is 22.5 Å². The number of carbonyl (C=O) groups is 1. The summed E-state index contributed by atoms with van der Waals surface area (Å²) >= 11 is 1.31. The molecule has 1 aromatic rings. The molecular weight excluding hydrogens is 304 g/mol. The number of nitrogens with zero attached hydrogens (tertiary/aromatic N) is 2. The number of methoxy groups -OCH3 is 1. The molecule has 0 aromatic carbocycles. The molecule has 3 heterocycles. The van der Waals surface area contributed by atoms with Gasteiger partial charge < -0.3 is 14.8 Å². The second kappa shape index (κ2) is 7.26. The summed E-state index contributed by atoms with van der Waals surface area (Å²) < 4.78 is 10.5. The molecule has 1 atom stereocenters. The number of rotatable bonds is 5. The van der Waals surface area contributed by atoms with Crippen LogP contribution in [0.25, 0.3) is 0 Å². The standard InChI is InChI=1S/C14H22N4O3S/c1-20-12-9-16-14(22-12)17-13(19)15-8-11-2-5-18(11)10-3-6-21-7-4-10/h9-11H,2-8H2,1H3,(H2,15,16,17,19). The minimum Gasteiger partial charge on any atom is -0.486 e. The van der Waals surface area contributed by atoms with Gasteiger partial charge in [-0.2, -0.15) is 0 Å². The first-order valence-corrected chi connectivity index (χ1v) is 8.46. The van der Waals surface area contributed by atoms with Crippen LogP contribution in [0, 0.1) is 0 Å². The zero-order valence-corrected chi connectivity index (χ0v) is 13.5. The third-order valence-electron chi connectivity index (χ3n) is 4.25. The third kappa shape index (κ3) is 3.68. The number of ether oxygens (including phenoxy) is 2. The highest BCUT2D eigenvalue weighted by atomic mass is 32.1. The molecular formula is C14H22N4O3S. The van der Waals surface area contributed by atoms with Crippen LogP contribution in [-0.2, 0) is 4.74 Å². The number of likely N-dealkylation sites (tertiary alicyclic amines) is 1. The fraction of sp³-hybridized carbons (Fsp3) is 0.714. The minimum atomic E-state index is -0.212. The van der Waals surface area contributed by atoms with E-state index in [4.69, 9.17) is 9.47 Å². The van der Waals surface area contributed by atoms with Gasteiger partial charge in [-0.05, 0) is 19.3 Å². The quantitative estimate of drug-likeness (QED) is 0.858. The lowest BCUT2D eigenvalue weighted by molar-refractivity contribution is -0.0217. The molecule has 22 heavy (non-hydrogen) atoms. The van der Waals surface area contributed by atoms with E-state index in [-0.39, 0.29) is 6.03 Å². The summed E-state index contributed by atoms with van der Waals surface area (Å²) in [6.07, 6.45) is 4.94. The van der Waals surface area contributed by atoms with Crippen molar-refractivity contribution in [3.8, 4) is 5.06 Å². The van der Waals surface area contributed by atoms with Crippen LogP contribution in [-0.4, -0.2) is 61.4 Å². The second-order valence-electron chi connectivity index (χ2n) is 5.55. The van der Waals surface area contributed by atoms with Crippen LogP contribution in [0.2, 0.25) is 0 Å². The molecule has 0 bridgehead atoms. The minimum absolute atomic E-state index is 0.212. The van der Waals surface area contributed by atoms with Gasteiger partial charge in [-0.1, -0.05) is 11.3 Å². The predicted octanol–water partition coefficient (Wildman–Crippen LogP) is 1.53. The normalized spacial score (nSPS) is 22.9. The van der Waals surface area contributed by atoms with E-state index in [1.165, 1.54) is 11.3 Å². The number of urea groups is 1. The summed E-state index contributed by atoms with van der Waals surface area (Å²) in [6, 6.07) is 0.844. The van der Waals surface area contributed by atoms with E-state index in [0.29, 0.717) is 28.8 Å². The Bertz CT molecular complexity index is 504. The van der Waals surface area contributed by atoms with Gasteiger partial charge in [0.15, 0.2) is 10.2 Å². The van der Waals surface area contributed by atoms with E-state index in [0.717, 1.165) is 39.0 Å². The summed E-state index contributed by atoms with van der Waals surface area (Å²) in [5.41, 5.74) is 0. The van der Waals surface area contributed by atoms with Crippen LogP contribution in [0.15, 0.2) is 6.20 Å². The largest absolute Gasteiger partial charge is 0.486 e. The SMILES string of the molecule is COc1cnc(NC(=O)NCC2CCN2C2CCOCC2)s1. The number of hydrogen-bond donors (Lipinski definition) is 2. The zero-order valence-electron chi connectivity index (χ0n) is 12.7. The van der Waals surface area contributed by atoms with Crippen molar-refractivity contribution in [2.75, 3.05) is 38.7 Å². The van der Waals surface area contributed by atoms with Gasteiger partial charge in [-0.25, -0.2) is 9.78 Å². The van der Waals surface area contributed by atoms with Gasteiger partial charge in [0.25, 0.3) is 0 Å². The number of thiazole rings is 1. The number of anilines is 1. The maximum absolute atomic E-state index is 11.9. The van der Waals surface area contributed by atoms with Crippen LogP contribution in [0.3, 0.4) is 0 Å². The summed E-state index contributed by atoms with van der Waals surface area (Å²) in [5, 5.41) is 6.89. The number of carbonyl (C=O) groups excluding carboxylic acids is 1. The molecule has 0 spiro atoms. The monoisotopic (exact) mass is 326 g/mol. The molecule has 0 saturated carbocycles. The number of nitrogens with one attached hydrogen (secondary N) is 2. The first-order chi connectivity index (χ1) is 10.8. The lowest BCUT2D eigenvalue weighted by atomic mass is 9.95. The molecule has 122 valence electrons. The third-order valence-corrected chi connectivity index (χ3v) is 5.13. The Labute approximate surface area is 134 Å². The van der Waals surface area contributed by atoms with E-state index in [1.807, 2.05) is 0 Å². The first kappa shape index (κ1) is 15.5. The molecule has 2 fully saturated rings. The zero-order chi connectivity index (χ0) is 15.4. The summed E-state index contributed by atoms with van der Waals surface area (Å²) in [5.74, 6) is 0. The molecule has 3 rings (SSSR count). The Morgan fingerprint density at radius 3 is 2.95 bits per heavy atom. The molecule has 0 radical (unpaired) electrons. The molecule has 2 aliphatic rings. The van der Waals surface area contributed by atoms with Crippen molar-refractivity contribution in [1.29, 1.82) is 0 Å². The Morgan fingerprint density at radius 2 is 2.32 bits per heavy atom. The number of hydrogen-bond acceptors (Lipinski definition) is 6.